The predicted molar refractivity (Wildman–Crippen MR) is 78.9 cm³/mol. The Bertz CT molecular complexity index is 715. The first-order chi connectivity index (χ1) is 9.72. The molecule has 100 valence electrons. The highest BCUT2D eigenvalue weighted by Gasteiger charge is 2.09. The van der Waals surface area contributed by atoms with E-state index in [4.69, 9.17) is 4.42 Å². The van der Waals surface area contributed by atoms with Crippen molar-refractivity contribution in [2.45, 2.75) is 6.92 Å². The quantitative estimate of drug-likeness (QED) is 0.792. The molecule has 0 aliphatic heterocycles. The van der Waals surface area contributed by atoms with Gasteiger partial charge in [-0.2, -0.15) is 0 Å². The van der Waals surface area contributed by atoms with Gasteiger partial charge in [0.1, 0.15) is 5.01 Å². The normalized spacial score (nSPS) is 10.4. The molecule has 0 bridgehead atoms. The maximum Gasteiger partial charge on any atom is 0.291 e. The second kappa shape index (κ2) is 5.30. The average molecular weight is 284 g/mol. The average Bonchev–Trinajstić information content (AvgIpc) is 3.10. The van der Waals surface area contributed by atoms with Crippen molar-refractivity contribution >= 4 is 22.9 Å². The Labute approximate surface area is 120 Å². The molecule has 5 heteroatoms. The standard InChI is InChI=1S/C15H12N2O2S/c1-10-9-20-15(16-10)11-4-6-12(7-5-11)17-14(18)13-3-2-8-19-13/h2-9H,1H3,(H,17,18). The number of amides is 1. The highest BCUT2D eigenvalue weighted by Crippen LogP contribution is 2.24. The number of rotatable bonds is 3. The zero-order chi connectivity index (χ0) is 13.9. The number of aryl methyl sites for hydroxylation is 1. The number of carbonyl (C=O) groups excluding carboxylic acids is 1. The first-order valence-corrected chi connectivity index (χ1v) is 6.98. The van der Waals surface area contributed by atoms with E-state index in [0.29, 0.717) is 5.76 Å². The topological polar surface area (TPSA) is 55.1 Å². The molecule has 1 aromatic carbocycles. The lowest BCUT2D eigenvalue weighted by molar-refractivity contribution is 0.0996. The molecule has 0 fully saturated rings. The number of benzene rings is 1. The molecule has 3 aromatic rings. The van der Waals surface area contributed by atoms with E-state index in [-0.39, 0.29) is 5.91 Å². The first-order valence-electron chi connectivity index (χ1n) is 6.10. The summed E-state index contributed by atoms with van der Waals surface area (Å²) in [5, 5.41) is 5.77. The van der Waals surface area contributed by atoms with Gasteiger partial charge >= 0.3 is 0 Å². The Kier molecular flexibility index (Phi) is 3.35. The highest BCUT2D eigenvalue weighted by atomic mass is 32.1. The second-order valence-corrected chi connectivity index (χ2v) is 5.16. The van der Waals surface area contributed by atoms with Crippen LogP contribution in [0.2, 0.25) is 0 Å². The third kappa shape index (κ3) is 2.62. The summed E-state index contributed by atoms with van der Waals surface area (Å²) in [4.78, 5) is 16.2. The molecule has 2 aromatic heterocycles. The molecule has 1 amide bonds. The summed E-state index contributed by atoms with van der Waals surface area (Å²) < 4.78 is 5.04. The van der Waals surface area contributed by atoms with Crippen molar-refractivity contribution in [3.05, 3.63) is 59.5 Å². The molecule has 0 saturated carbocycles. The molecular formula is C15H12N2O2S. The summed E-state index contributed by atoms with van der Waals surface area (Å²) in [6.45, 7) is 1.97. The lowest BCUT2D eigenvalue weighted by Crippen LogP contribution is -2.10. The summed E-state index contributed by atoms with van der Waals surface area (Å²) in [7, 11) is 0. The van der Waals surface area contributed by atoms with E-state index >= 15 is 0 Å². The van der Waals surface area contributed by atoms with Gasteiger partial charge in [-0.1, -0.05) is 0 Å². The Balaban J connectivity index is 1.75. The monoisotopic (exact) mass is 284 g/mol. The number of carbonyl (C=O) groups is 1. The Morgan fingerprint density at radius 2 is 2.05 bits per heavy atom. The van der Waals surface area contributed by atoms with Crippen molar-refractivity contribution in [3.8, 4) is 10.6 Å². The third-order valence-corrected chi connectivity index (χ3v) is 3.76. The van der Waals surface area contributed by atoms with Gasteiger partial charge in [-0.15, -0.1) is 11.3 Å². The minimum atomic E-state index is -0.257. The van der Waals surface area contributed by atoms with Gasteiger partial charge in [0.05, 0.1) is 6.26 Å². The van der Waals surface area contributed by atoms with Crippen molar-refractivity contribution in [2.75, 3.05) is 5.32 Å². The number of thiazole rings is 1. The molecule has 20 heavy (non-hydrogen) atoms. The van der Waals surface area contributed by atoms with Crippen molar-refractivity contribution in [3.63, 3.8) is 0 Å². The Morgan fingerprint density at radius 3 is 2.65 bits per heavy atom. The van der Waals surface area contributed by atoms with E-state index in [0.717, 1.165) is 22.0 Å². The van der Waals surface area contributed by atoms with Crippen LogP contribution < -0.4 is 5.32 Å². The lowest BCUT2D eigenvalue weighted by atomic mass is 10.2. The van der Waals surface area contributed by atoms with Gasteiger partial charge in [-0.05, 0) is 43.3 Å². The van der Waals surface area contributed by atoms with Crippen LogP contribution in [0.4, 0.5) is 5.69 Å². The largest absolute Gasteiger partial charge is 0.459 e. The third-order valence-electron chi connectivity index (χ3n) is 2.75. The van der Waals surface area contributed by atoms with Crippen molar-refractivity contribution in [2.24, 2.45) is 0 Å². The fourth-order valence-electron chi connectivity index (χ4n) is 1.78. The van der Waals surface area contributed by atoms with Gasteiger partial charge in [-0.25, -0.2) is 4.98 Å². The maximum absolute atomic E-state index is 11.8. The van der Waals surface area contributed by atoms with Crippen LogP contribution in [-0.4, -0.2) is 10.9 Å². The highest BCUT2D eigenvalue weighted by molar-refractivity contribution is 7.13. The fraction of sp³-hybridized carbons (Fsp3) is 0.0667. The molecule has 3 rings (SSSR count). The van der Waals surface area contributed by atoms with Crippen LogP contribution in [0.3, 0.4) is 0 Å². The van der Waals surface area contributed by atoms with Crippen molar-refractivity contribution in [1.29, 1.82) is 0 Å². The number of aromatic nitrogens is 1. The van der Waals surface area contributed by atoms with E-state index in [1.807, 2.05) is 36.6 Å². The van der Waals surface area contributed by atoms with Gasteiger partial charge in [-0.3, -0.25) is 4.79 Å². The zero-order valence-corrected chi connectivity index (χ0v) is 11.6. The molecule has 0 saturated heterocycles. The molecule has 0 radical (unpaired) electrons. The number of anilines is 1. The fourth-order valence-corrected chi connectivity index (χ4v) is 2.59. The van der Waals surface area contributed by atoms with E-state index in [1.54, 1.807) is 23.5 Å². The van der Waals surface area contributed by atoms with Crippen LogP contribution in [0, 0.1) is 6.92 Å². The molecule has 0 atom stereocenters. The minimum Gasteiger partial charge on any atom is -0.459 e. The van der Waals surface area contributed by atoms with E-state index in [2.05, 4.69) is 10.3 Å². The summed E-state index contributed by atoms with van der Waals surface area (Å²) in [6.07, 6.45) is 1.48. The number of nitrogens with zero attached hydrogens (tertiary/aromatic N) is 1. The van der Waals surface area contributed by atoms with Crippen LogP contribution in [0.1, 0.15) is 16.2 Å². The molecule has 0 spiro atoms. The maximum atomic E-state index is 11.8. The Hall–Kier alpha value is -2.40. The van der Waals surface area contributed by atoms with Crippen LogP contribution in [0.25, 0.3) is 10.6 Å². The summed E-state index contributed by atoms with van der Waals surface area (Å²) in [6, 6.07) is 10.9. The number of nitrogens with one attached hydrogen (secondary N) is 1. The van der Waals surface area contributed by atoms with Gasteiger partial charge in [0, 0.05) is 22.3 Å². The van der Waals surface area contributed by atoms with E-state index < -0.39 is 0 Å². The number of furan rings is 1. The van der Waals surface area contributed by atoms with E-state index in [9.17, 15) is 4.79 Å². The summed E-state index contributed by atoms with van der Waals surface area (Å²) >= 11 is 1.61. The van der Waals surface area contributed by atoms with Crippen LogP contribution in [-0.2, 0) is 0 Å². The minimum absolute atomic E-state index is 0.257. The first kappa shape index (κ1) is 12.6. The number of hydrogen-bond acceptors (Lipinski definition) is 4. The number of hydrogen-bond donors (Lipinski definition) is 1. The van der Waals surface area contributed by atoms with Gasteiger partial charge in [0.2, 0.25) is 0 Å². The molecule has 0 unspecified atom stereocenters. The van der Waals surface area contributed by atoms with Crippen LogP contribution in [0.5, 0.6) is 0 Å². The Morgan fingerprint density at radius 1 is 1.25 bits per heavy atom. The van der Waals surface area contributed by atoms with E-state index in [1.165, 1.54) is 6.26 Å². The summed E-state index contributed by atoms with van der Waals surface area (Å²) in [5.41, 5.74) is 2.78. The van der Waals surface area contributed by atoms with Gasteiger partial charge < -0.3 is 9.73 Å². The van der Waals surface area contributed by atoms with Crippen molar-refractivity contribution < 1.29 is 9.21 Å². The summed E-state index contributed by atoms with van der Waals surface area (Å²) in [5.74, 6) is 0.0393. The smallest absolute Gasteiger partial charge is 0.291 e. The molecule has 4 nitrogen and oxygen atoms in total. The van der Waals surface area contributed by atoms with Gasteiger partial charge in [0.25, 0.3) is 5.91 Å². The van der Waals surface area contributed by atoms with Crippen LogP contribution >= 0.6 is 11.3 Å². The lowest BCUT2D eigenvalue weighted by Gasteiger charge is -2.03. The SMILES string of the molecule is Cc1csc(-c2ccc(NC(=O)c3ccco3)cc2)n1. The second-order valence-electron chi connectivity index (χ2n) is 4.30. The molecule has 2 heterocycles. The molecular weight excluding hydrogens is 272 g/mol. The molecule has 0 aliphatic rings. The van der Waals surface area contributed by atoms with Crippen molar-refractivity contribution in [1.82, 2.24) is 4.98 Å². The molecule has 1 N–H and O–H groups in total. The van der Waals surface area contributed by atoms with Gasteiger partial charge in [0.15, 0.2) is 5.76 Å². The van der Waals surface area contributed by atoms with Crippen LogP contribution in [0.15, 0.2) is 52.5 Å². The predicted octanol–water partition coefficient (Wildman–Crippen LogP) is 3.96. The zero-order valence-electron chi connectivity index (χ0n) is 10.8. The molecule has 0 aliphatic carbocycles.